The van der Waals surface area contributed by atoms with Gasteiger partial charge < -0.3 is 9.80 Å². The van der Waals surface area contributed by atoms with Gasteiger partial charge in [0, 0.05) is 46.2 Å². The molecule has 0 bridgehead atoms. The maximum atomic E-state index is 4.53. The number of hydrogen-bond donors (Lipinski definition) is 0. The number of anilines is 4. The molecule has 0 spiro atoms. The van der Waals surface area contributed by atoms with Crippen LogP contribution in [0.15, 0.2) is 140 Å². The molecule has 0 saturated carbocycles. The van der Waals surface area contributed by atoms with Crippen molar-refractivity contribution in [3.8, 4) is 22.3 Å². The zero-order valence-electron chi connectivity index (χ0n) is 32.7. The molecule has 0 aliphatic rings. The number of benzene rings is 6. The van der Waals surface area contributed by atoms with Crippen LogP contribution < -0.4 is 20.2 Å². The second kappa shape index (κ2) is 15.8. The Hall–Kier alpha value is -5.64. The lowest BCUT2D eigenvalue weighted by Crippen LogP contribution is -2.18. The maximum absolute atomic E-state index is 4.53. The second-order valence-electron chi connectivity index (χ2n) is 14.2. The summed E-state index contributed by atoms with van der Waals surface area (Å²) in [5.74, 6) is 0. The van der Waals surface area contributed by atoms with Crippen LogP contribution in [0.1, 0.15) is 52.1 Å². The van der Waals surface area contributed by atoms with Gasteiger partial charge in [-0.1, -0.05) is 116 Å². The van der Waals surface area contributed by atoms with Gasteiger partial charge in [0.15, 0.2) is 0 Å². The van der Waals surface area contributed by atoms with E-state index in [0.717, 1.165) is 18.3 Å². The van der Waals surface area contributed by atoms with Crippen LogP contribution in [0.2, 0.25) is 0 Å². The van der Waals surface area contributed by atoms with E-state index in [4.69, 9.17) is 0 Å². The third kappa shape index (κ3) is 6.93. The summed E-state index contributed by atoms with van der Waals surface area (Å²) in [5, 5.41) is 3.48. The lowest BCUT2D eigenvalue weighted by Gasteiger charge is -2.27. The molecule has 0 amide bonds. The van der Waals surface area contributed by atoms with Gasteiger partial charge in [-0.05, 0) is 139 Å². The van der Waals surface area contributed by atoms with Crippen LogP contribution in [0.3, 0.4) is 0 Å². The number of hydrogen-bond acceptors (Lipinski definition) is 3. The van der Waals surface area contributed by atoms with Gasteiger partial charge in [0.2, 0.25) is 0 Å². The molecule has 0 fully saturated rings. The Kier molecular flexibility index (Phi) is 10.7. The van der Waals surface area contributed by atoms with E-state index in [9.17, 15) is 0 Å². The van der Waals surface area contributed by atoms with Crippen LogP contribution in [0.5, 0.6) is 0 Å². The smallest absolute Gasteiger partial charge is 0.0995 e. The Morgan fingerprint density at radius 3 is 1.80 bits per heavy atom. The lowest BCUT2D eigenvalue weighted by atomic mass is 9.91. The summed E-state index contributed by atoms with van der Waals surface area (Å²) < 4.78 is 0. The topological polar surface area (TPSA) is 6.48 Å². The van der Waals surface area contributed by atoms with Crippen molar-refractivity contribution in [2.45, 2.75) is 48.5 Å². The standard InChI is InChI=1S/C51H50N2S/c1-9-52(49-36(5)20-17-21-37(49)6)44-31-29-41(30-32-44)48(42-28-27-35(4)46(33-42)45-26-18-19-34(3)38(45)7)50-47(40-22-13-11-14-23-40)39(8)51(54-50)53(10-2)43-24-15-12-16-25-43/h11-33H,4,9-10H2,1-3,5-8H3/b48-42-. The zero-order chi connectivity index (χ0) is 37.9. The maximum Gasteiger partial charge on any atom is 0.0995 e. The SMILES string of the molecule is C=c1cc/c(=C(\c2ccc(N(CC)c3c(C)cccc3C)cc2)c2sc(N(CC)c3ccccc3)c(C)c2-c2ccccc2)cc1-c1cccc(C)c1C. The molecule has 0 saturated heterocycles. The highest BCUT2D eigenvalue weighted by Gasteiger charge is 2.25. The fourth-order valence-electron chi connectivity index (χ4n) is 7.90. The summed E-state index contributed by atoms with van der Waals surface area (Å²) >= 11 is 1.90. The first-order valence-electron chi connectivity index (χ1n) is 19.1. The van der Waals surface area contributed by atoms with Crippen LogP contribution in [-0.2, 0) is 0 Å². The Balaban J connectivity index is 1.53. The first kappa shape index (κ1) is 36.7. The molecule has 1 heterocycles. The summed E-state index contributed by atoms with van der Waals surface area (Å²) in [5.41, 5.74) is 17.4. The van der Waals surface area contributed by atoms with Gasteiger partial charge in [-0.15, -0.1) is 11.3 Å². The third-order valence-corrected chi connectivity index (χ3v) is 12.2. The van der Waals surface area contributed by atoms with Gasteiger partial charge in [-0.25, -0.2) is 0 Å². The van der Waals surface area contributed by atoms with Crippen LogP contribution in [0, 0.1) is 34.6 Å². The van der Waals surface area contributed by atoms with Gasteiger partial charge in [0.25, 0.3) is 0 Å². The number of para-hydroxylation sites is 2. The molecular weight excluding hydrogens is 673 g/mol. The fourth-order valence-corrected chi connectivity index (χ4v) is 9.41. The molecule has 270 valence electrons. The average molecular weight is 723 g/mol. The average Bonchev–Trinajstić information content (AvgIpc) is 3.52. The highest BCUT2D eigenvalue weighted by atomic mass is 32.1. The Morgan fingerprint density at radius 2 is 1.15 bits per heavy atom. The quantitative estimate of drug-likeness (QED) is 0.139. The minimum Gasteiger partial charge on any atom is -0.341 e. The summed E-state index contributed by atoms with van der Waals surface area (Å²) in [7, 11) is 0. The largest absolute Gasteiger partial charge is 0.341 e. The van der Waals surface area contributed by atoms with Crippen molar-refractivity contribution in [3.63, 3.8) is 0 Å². The Bertz CT molecular complexity index is 2510. The van der Waals surface area contributed by atoms with Crippen molar-refractivity contribution >= 4 is 45.6 Å². The number of aryl methyl sites for hydroxylation is 3. The predicted octanol–water partition coefficient (Wildman–Crippen LogP) is 12.6. The lowest BCUT2D eigenvalue weighted by molar-refractivity contribution is 1.01. The molecule has 0 aliphatic heterocycles. The van der Waals surface area contributed by atoms with Crippen LogP contribution in [0.4, 0.5) is 22.1 Å². The molecule has 3 heteroatoms. The van der Waals surface area contributed by atoms with Gasteiger partial charge in [-0.3, -0.25) is 0 Å². The highest BCUT2D eigenvalue weighted by Crippen LogP contribution is 2.48. The zero-order valence-corrected chi connectivity index (χ0v) is 33.5. The van der Waals surface area contributed by atoms with Crippen molar-refractivity contribution in [1.29, 1.82) is 0 Å². The Morgan fingerprint density at radius 1 is 0.556 bits per heavy atom. The number of thiophene rings is 1. The van der Waals surface area contributed by atoms with Crippen LogP contribution >= 0.6 is 11.3 Å². The van der Waals surface area contributed by atoms with Crippen molar-refractivity contribution in [2.75, 3.05) is 22.9 Å². The minimum atomic E-state index is 0.862. The first-order valence-corrected chi connectivity index (χ1v) is 19.9. The molecule has 7 aromatic rings. The summed E-state index contributed by atoms with van der Waals surface area (Å²) in [4.78, 5) is 6.16. The second-order valence-corrected chi connectivity index (χ2v) is 15.2. The number of nitrogens with zero attached hydrogens (tertiary/aromatic N) is 2. The molecule has 0 N–H and O–H groups in total. The summed E-state index contributed by atoms with van der Waals surface area (Å²) in [6, 6.07) is 51.0. The summed E-state index contributed by atoms with van der Waals surface area (Å²) in [6.07, 6.45) is 0. The predicted molar refractivity (Wildman–Crippen MR) is 236 cm³/mol. The van der Waals surface area contributed by atoms with E-state index < -0.39 is 0 Å². The van der Waals surface area contributed by atoms with Gasteiger partial charge in [0.05, 0.1) is 5.00 Å². The van der Waals surface area contributed by atoms with Crippen molar-refractivity contribution in [3.05, 3.63) is 188 Å². The normalized spacial score (nSPS) is 11.8. The Labute approximate surface area is 326 Å². The first-order chi connectivity index (χ1) is 26.2. The van der Waals surface area contributed by atoms with E-state index in [1.165, 1.54) is 93.4 Å². The van der Waals surface area contributed by atoms with E-state index in [2.05, 4.69) is 204 Å². The van der Waals surface area contributed by atoms with E-state index in [1.54, 1.807) is 0 Å². The molecule has 1 aromatic heterocycles. The van der Waals surface area contributed by atoms with Gasteiger partial charge >= 0.3 is 0 Å². The van der Waals surface area contributed by atoms with E-state index in [0.29, 0.717) is 0 Å². The van der Waals surface area contributed by atoms with Crippen molar-refractivity contribution < 1.29 is 0 Å². The van der Waals surface area contributed by atoms with Gasteiger partial charge in [0.1, 0.15) is 0 Å². The van der Waals surface area contributed by atoms with Crippen LogP contribution in [0.25, 0.3) is 34.4 Å². The minimum absolute atomic E-state index is 0.862. The molecule has 54 heavy (non-hydrogen) atoms. The molecular formula is C51H50N2S. The van der Waals surface area contributed by atoms with Crippen molar-refractivity contribution in [2.24, 2.45) is 0 Å². The fraction of sp³-hybridized carbons (Fsp3) is 0.176. The molecule has 0 aliphatic carbocycles. The van der Waals surface area contributed by atoms with Gasteiger partial charge in [-0.2, -0.15) is 0 Å². The molecule has 7 rings (SSSR count). The van der Waals surface area contributed by atoms with Crippen molar-refractivity contribution in [1.82, 2.24) is 0 Å². The van der Waals surface area contributed by atoms with Crippen LogP contribution in [-0.4, -0.2) is 13.1 Å². The molecule has 6 aromatic carbocycles. The molecule has 0 atom stereocenters. The van der Waals surface area contributed by atoms with E-state index in [-0.39, 0.29) is 0 Å². The summed E-state index contributed by atoms with van der Waals surface area (Å²) in [6.45, 7) is 21.9. The van der Waals surface area contributed by atoms with E-state index in [1.807, 2.05) is 11.3 Å². The third-order valence-electron chi connectivity index (χ3n) is 10.8. The monoisotopic (exact) mass is 722 g/mol. The molecule has 0 unspecified atom stereocenters. The number of rotatable bonds is 10. The molecule has 2 nitrogen and oxygen atoms in total. The highest BCUT2D eigenvalue weighted by molar-refractivity contribution is 7.18. The van der Waals surface area contributed by atoms with E-state index >= 15 is 0 Å². The molecule has 0 radical (unpaired) electrons.